The van der Waals surface area contributed by atoms with Crippen LogP contribution in [0.1, 0.15) is 38.7 Å². The van der Waals surface area contributed by atoms with Gasteiger partial charge >= 0.3 is 0 Å². The quantitative estimate of drug-likeness (QED) is 0.882. The molecule has 0 aliphatic carbocycles. The molecule has 1 aromatic carbocycles. The monoisotopic (exact) mass is 297 g/mol. The number of hydrogen-bond acceptors (Lipinski definition) is 1. The smallest absolute Gasteiger partial charge is 0.220 e. The van der Waals surface area contributed by atoms with Crippen LogP contribution in [0.5, 0.6) is 0 Å². The maximum Gasteiger partial charge on any atom is 0.220 e. The molecule has 0 radical (unpaired) electrons. The average molecular weight is 298 g/mol. The summed E-state index contributed by atoms with van der Waals surface area (Å²) in [6.45, 7) is 7.03. The average Bonchev–Trinajstić information content (AvgIpc) is 2.27. The second-order valence-electron chi connectivity index (χ2n) is 4.85. The van der Waals surface area contributed by atoms with Crippen LogP contribution in [0.2, 0.25) is 0 Å². The molecule has 1 N–H and O–H groups in total. The number of benzene rings is 1. The van der Waals surface area contributed by atoms with Crippen molar-refractivity contribution >= 4 is 21.8 Å². The van der Waals surface area contributed by atoms with Gasteiger partial charge in [0, 0.05) is 17.4 Å². The molecule has 3 heteroatoms. The summed E-state index contributed by atoms with van der Waals surface area (Å²) in [7, 11) is 0. The molecule has 1 amide bonds. The summed E-state index contributed by atoms with van der Waals surface area (Å²) in [5, 5.41) is 2.95. The third kappa shape index (κ3) is 5.35. The first-order valence-electron chi connectivity index (χ1n) is 6.01. The minimum absolute atomic E-state index is 0.133. The predicted octanol–water partition coefficient (Wildman–Crippen LogP) is 3.71. The van der Waals surface area contributed by atoms with E-state index >= 15 is 0 Å². The molecule has 1 unspecified atom stereocenters. The molecule has 0 aliphatic heterocycles. The van der Waals surface area contributed by atoms with Gasteiger partial charge < -0.3 is 5.32 Å². The van der Waals surface area contributed by atoms with Crippen LogP contribution in [0.15, 0.2) is 28.7 Å². The first kappa shape index (κ1) is 14.2. The Morgan fingerprint density at radius 3 is 2.35 bits per heavy atom. The van der Waals surface area contributed by atoms with E-state index in [9.17, 15) is 4.79 Å². The molecule has 0 saturated carbocycles. The molecule has 0 saturated heterocycles. The van der Waals surface area contributed by atoms with Crippen LogP contribution in [0.25, 0.3) is 0 Å². The number of halogens is 1. The molecule has 0 spiro atoms. The van der Waals surface area contributed by atoms with E-state index in [2.05, 4.69) is 54.2 Å². The first-order chi connectivity index (χ1) is 7.99. The molecule has 94 valence electrons. The predicted molar refractivity (Wildman–Crippen MR) is 75.0 cm³/mol. The van der Waals surface area contributed by atoms with Crippen LogP contribution in [0.4, 0.5) is 0 Å². The van der Waals surface area contributed by atoms with Crippen LogP contribution in [0.3, 0.4) is 0 Å². The van der Waals surface area contributed by atoms with Crippen molar-refractivity contribution in [1.29, 1.82) is 0 Å². The van der Waals surface area contributed by atoms with Crippen LogP contribution >= 0.6 is 15.9 Å². The van der Waals surface area contributed by atoms with Crippen LogP contribution < -0.4 is 5.32 Å². The van der Waals surface area contributed by atoms with Gasteiger partial charge in [0.25, 0.3) is 0 Å². The summed E-state index contributed by atoms with van der Waals surface area (Å²) in [6, 6.07) is 8.14. The van der Waals surface area contributed by atoms with Crippen LogP contribution in [-0.2, 0) is 4.79 Å². The third-order valence-corrected chi connectivity index (χ3v) is 3.17. The van der Waals surface area contributed by atoms with Crippen molar-refractivity contribution in [2.24, 2.45) is 5.92 Å². The highest BCUT2D eigenvalue weighted by atomic mass is 79.9. The number of amides is 1. The van der Waals surface area contributed by atoms with Gasteiger partial charge in [-0.2, -0.15) is 0 Å². The van der Waals surface area contributed by atoms with Crippen molar-refractivity contribution in [2.75, 3.05) is 6.54 Å². The molecule has 0 aromatic heterocycles. The summed E-state index contributed by atoms with van der Waals surface area (Å²) in [4.78, 5) is 11.7. The zero-order chi connectivity index (χ0) is 12.8. The van der Waals surface area contributed by atoms with Gasteiger partial charge in [-0.15, -0.1) is 0 Å². The van der Waals surface area contributed by atoms with Gasteiger partial charge in [0.15, 0.2) is 0 Å². The van der Waals surface area contributed by atoms with Gasteiger partial charge in [0.1, 0.15) is 0 Å². The second-order valence-corrected chi connectivity index (χ2v) is 5.77. The van der Waals surface area contributed by atoms with Crippen molar-refractivity contribution < 1.29 is 4.79 Å². The van der Waals surface area contributed by atoms with Crippen molar-refractivity contribution in [3.8, 4) is 0 Å². The number of carbonyl (C=O) groups is 1. The van der Waals surface area contributed by atoms with Gasteiger partial charge in [-0.3, -0.25) is 4.79 Å². The summed E-state index contributed by atoms with van der Waals surface area (Å²) < 4.78 is 1.07. The number of nitrogens with one attached hydrogen (secondary N) is 1. The lowest BCUT2D eigenvalue weighted by Gasteiger charge is -2.13. The highest BCUT2D eigenvalue weighted by molar-refractivity contribution is 9.10. The van der Waals surface area contributed by atoms with Gasteiger partial charge in [0.2, 0.25) is 5.91 Å². The van der Waals surface area contributed by atoms with Crippen molar-refractivity contribution in [3.63, 3.8) is 0 Å². The topological polar surface area (TPSA) is 29.1 Å². The SMILES string of the molecule is CC(C)CNC(=O)CC(C)c1ccc(Br)cc1. The van der Waals surface area contributed by atoms with E-state index in [-0.39, 0.29) is 11.8 Å². The molecule has 1 rings (SSSR count). The summed E-state index contributed by atoms with van der Waals surface area (Å²) in [5.41, 5.74) is 1.20. The number of rotatable bonds is 5. The molecule has 17 heavy (non-hydrogen) atoms. The summed E-state index contributed by atoms with van der Waals surface area (Å²) >= 11 is 3.41. The Balaban J connectivity index is 2.46. The fraction of sp³-hybridized carbons (Fsp3) is 0.500. The minimum Gasteiger partial charge on any atom is -0.356 e. The van der Waals surface area contributed by atoms with E-state index in [0.29, 0.717) is 12.3 Å². The summed E-state index contributed by atoms with van der Waals surface area (Å²) in [5.74, 6) is 0.895. The van der Waals surface area contributed by atoms with E-state index in [0.717, 1.165) is 11.0 Å². The van der Waals surface area contributed by atoms with Crippen molar-refractivity contribution in [3.05, 3.63) is 34.3 Å². The zero-order valence-corrected chi connectivity index (χ0v) is 12.3. The largest absolute Gasteiger partial charge is 0.356 e. The van der Waals surface area contributed by atoms with E-state index in [1.54, 1.807) is 0 Å². The Kier molecular flexibility index (Phi) is 5.69. The Hall–Kier alpha value is -0.830. The number of hydrogen-bond donors (Lipinski definition) is 1. The number of carbonyl (C=O) groups excluding carboxylic acids is 1. The Morgan fingerprint density at radius 1 is 1.24 bits per heavy atom. The normalized spacial score (nSPS) is 12.5. The lowest BCUT2D eigenvalue weighted by atomic mass is 9.97. The first-order valence-corrected chi connectivity index (χ1v) is 6.80. The van der Waals surface area contributed by atoms with E-state index < -0.39 is 0 Å². The highest BCUT2D eigenvalue weighted by Crippen LogP contribution is 2.21. The lowest BCUT2D eigenvalue weighted by Crippen LogP contribution is -2.28. The molecule has 0 heterocycles. The van der Waals surface area contributed by atoms with Gasteiger partial charge in [0.05, 0.1) is 0 Å². The van der Waals surface area contributed by atoms with Crippen LogP contribution in [0, 0.1) is 5.92 Å². The highest BCUT2D eigenvalue weighted by Gasteiger charge is 2.11. The standard InChI is InChI=1S/C14H20BrNO/c1-10(2)9-16-14(17)8-11(3)12-4-6-13(15)7-5-12/h4-7,10-11H,8-9H2,1-3H3,(H,16,17). The Bertz CT molecular complexity index is 359. The van der Waals surface area contributed by atoms with Crippen molar-refractivity contribution in [1.82, 2.24) is 5.32 Å². The minimum atomic E-state index is 0.133. The lowest BCUT2D eigenvalue weighted by molar-refractivity contribution is -0.121. The molecule has 1 aromatic rings. The molecular weight excluding hydrogens is 278 g/mol. The fourth-order valence-corrected chi connectivity index (χ4v) is 1.84. The summed E-state index contributed by atoms with van der Waals surface area (Å²) in [6.07, 6.45) is 0.550. The van der Waals surface area contributed by atoms with Crippen molar-refractivity contribution in [2.45, 2.75) is 33.1 Å². The Labute approximate surface area is 112 Å². The molecule has 1 atom stereocenters. The fourth-order valence-electron chi connectivity index (χ4n) is 1.58. The molecule has 0 aliphatic rings. The molecular formula is C14H20BrNO. The molecule has 2 nitrogen and oxygen atoms in total. The van der Waals surface area contributed by atoms with Gasteiger partial charge in [-0.05, 0) is 29.5 Å². The molecule has 0 fully saturated rings. The van der Waals surface area contributed by atoms with Gasteiger partial charge in [-0.1, -0.05) is 48.8 Å². The van der Waals surface area contributed by atoms with Crippen LogP contribution in [-0.4, -0.2) is 12.5 Å². The maximum atomic E-state index is 11.7. The second kappa shape index (κ2) is 6.80. The van der Waals surface area contributed by atoms with Gasteiger partial charge in [-0.25, -0.2) is 0 Å². The van der Waals surface area contributed by atoms with E-state index in [1.807, 2.05) is 12.1 Å². The van der Waals surface area contributed by atoms with E-state index in [1.165, 1.54) is 5.56 Å². The zero-order valence-electron chi connectivity index (χ0n) is 10.7. The maximum absolute atomic E-state index is 11.7. The third-order valence-electron chi connectivity index (χ3n) is 2.64. The Morgan fingerprint density at radius 2 is 1.82 bits per heavy atom. The van der Waals surface area contributed by atoms with E-state index in [4.69, 9.17) is 0 Å². The molecule has 0 bridgehead atoms.